The van der Waals surface area contributed by atoms with Crippen molar-refractivity contribution in [2.75, 3.05) is 45.0 Å². The molecule has 4 fully saturated rings. The zero-order valence-electron chi connectivity index (χ0n) is 26.9. The van der Waals surface area contributed by atoms with Crippen molar-refractivity contribution in [3.8, 4) is 0 Å². The maximum atomic E-state index is 14.4. The smallest absolute Gasteiger partial charge is 0.229 e. The van der Waals surface area contributed by atoms with Gasteiger partial charge in [0.15, 0.2) is 9.84 Å². The van der Waals surface area contributed by atoms with Crippen molar-refractivity contribution >= 4 is 38.9 Å². The molecule has 0 aromatic heterocycles. The maximum Gasteiger partial charge on any atom is 0.229 e. The molecule has 0 aliphatic carbocycles. The predicted octanol–water partition coefficient (Wildman–Crippen LogP) is 7.10. The van der Waals surface area contributed by atoms with Crippen LogP contribution in [-0.2, 0) is 14.6 Å². The van der Waals surface area contributed by atoms with Crippen molar-refractivity contribution in [2.24, 2.45) is 11.3 Å². The molecule has 44 heavy (non-hydrogen) atoms. The summed E-state index contributed by atoms with van der Waals surface area (Å²) in [5, 5.41) is 0.695. The van der Waals surface area contributed by atoms with Crippen molar-refractivity contribution in [1.29, 1.82) is 0 Å². The first-order valence-corrected chi connectivity index (χ1v) is 18.3. The number of likely N-dealkylation sites (tertiary alicyclic amines) is 1. The summed E-state index contributed by atoms with van der Waals surface area (Å²) in [4.78, 5) is 21.3. The number of nitrogens with zero attached hydrogens (tertiary/aromatic N) is 3. The molecule has 2 aromatic carbocycles. The van der Waals surface area contributed by atoms with E-state index in [1.54, 1.807) is 19.9 Å². The molecule has 4 aliphatic rings. The normalized spacial score (nSPS) is 27.7. The molecule has 242 valence electrons. The van der Waals surface area contributed by atoms with Gasteiger partial charge in [-0.1, -0.05) is 74.3 Å². The minimum absolute atomic E-state index is 0.0433. The minimum Gasteiger partial charge on any atom is -0.330 e. The first kappa shape index (κ1) is 35.0. The molecule has 6 nitrogen and oxygen atoms in total. The Bertz CT molecular complexity index is 1370. The summed E-state index contributed by atoms with van der Waals surface area (Å²) in [6, 6.07) is 14.4. The number of hydrogen-bond donors (Lipinski definition) is 0. The lowest BCUT2D eigenvalue weighted by molar-refractivity contribution is -0.155. The molecular formula is C35H49Cl2N3O3S. The highest BCUT2D eigenvalue weighted by Crippen LogP contribution is 2.52. The number of sulfone groups is 1. The van der Waals surface area contributed by atoms with Gasteiger partial charge < -0.3 is 4.90 Å². The Morgan fingerprint density at radius 1 is 0.909 bits per heavy atom. The number of piperazine rings is 3. The Kier molecular flexibility index (Phi) is 11.7. The Balaban J connectivity index is 0.000000470. The third kappa shape index (κ3) is 8.08. The number of hydrogen-bond acceptors (Lipinski definition) is 5. The molecule has 0 radical (unpaired) electrons. The van der Waals surface area contributed by atoms with Crippen molar-refractivity contribution in [2.45, 2.75) is 70.7 Å². The summed E-state index contributed by atoms with van der Waals surface area (Å²) < 4.78 is 26.4. The lowest BCUT2D eigenvalue weighted by Crippen LogP contribution is -2.58. The van der Waals surface area contributed by atoms with E-state index in [0.717, 1.165) is 11.1 Å². The molecule has 0 N–H and O–H groups in total. The zero-order chi connectivity index (χ0) is 32.2. The number of benzene rings is 2. The summed E-state index contributed by atoms with van der Waals surface area (Å²) in [5.74, 6) is -0.317. The number of halogens is 2. The van der Waals surface area contributed by atoms with Gasteiger partial charge in [0.1, 0.15) is 0 Å². The van der Waals surface area contributed by atoms with Gasteiger partial charge >= 0.3 is 0 Å². The molecule has 3 unspecified atom stereocenters. The number of carbonyl (C=O) groups is 1. The van der Waals surface area contributed by atoms with E-state index in [1.807, 2.05) is 74.2 Å². The number of carbonyl (C=O) groups excluding carboxylic acids is 1. The number of fused-ring (bicyclic) bond motifs is 3. The van der Waals surface area contributed by atoms with Gasteiger partial charge in [-0.3, -0.25) is 14.6 Å². The molecule has 9 heteroatoms. The van der Waals surface area contributed by atoms with Gasteiger partial charge in [-0.05, 0) is 68.0 Å². The van der Waals surface area contributed by atoms with Crippen LogP contribution in [0.4, 0.5) is 0 Å². The van der Waals surface area contributed by atoms with E-state index in [2.05, 4.69) is 16.4 Å². The third-order valence-corrected chi connectivity index (χ3v) is 12.4. The lowest BCUT2D eigenvalue weighted by Gasteiger charge is -2.53. The monoisotopic (exact) mass is 661 g/mol. The van der Waals surface area contributed by atoms with E-state index in [4.69, 9.17) is 23.2 Å². The van der Waals surface area contributed by atoms with Crippen LogP contribution in [0.2, 0.25) is 10.0 Å². The second-order valence-corrected chi connectivity index (χ2v) is 17.0. The number of rotatable bonds is 9. The molecule has 4 saturated heterocycles. The van der Waals surface area contributed by atoms with Crippen LogP contribution in [0.1, 0.15) is 70.5 Å². The zero-order valence-corrected chi connectivity index (χ0v) is 29.2. The highest BCUT2D eigenvalue weighted by atomic mass is 35.5. The Labute approximate surface area is 275 Å². The highest BCUT2D eigenvalue weighted by Gasteiger charge is 2.52. The van der Waals surface area contributed by atoms with Gasteiger partial charge in [-0.15, -0.1) is 6.58 Å². The molecule has 0 spiro atoms. The second kappa shape index (κ2) is 14.7. The minimum atomic E-state index is -3.42. The molecule has 0 saturated carbocycles. The Morgan fingerprint density at radius 2 is 1.48 bits per heavy atom. The number of allylic oxidation sites excluding steroid dienone is 1. The number of piperidine rings is 1. The van der Waals surface area contributed by atoms with E-state index >= 15 is 0 Å². The molecule has 4 atom stereocenters. The van der Waals surface area contributed by atoms with Gasteiger partial charge in [0.2, 0.25) is 5.91 Å². The lowest BCUT2D eigenvalue weighted by atomic mass is 9.67. The third-order valence-electron chi connectivity index (χ3n) is 9.63. The van der Waals surface area contributed by atoms with Crippen LogP contribution in [0.5, 0.6) is 0 Å². The fourth-order valence-electron chi connectivity index (χ4n) is 6.80. The SMILES string of the molecule is C1CN2CCN1CC2.C=CCC1(C)CC(c2cccc(Cl)c2)C(c2ccc(Cl)cc2)N([C@H](CS(=O)(=O)C(C)C)C(C)C)C1=O. The van der Waals surface area contributed by atoms with Gasteiger partial charge in [0, 0.05) is 61.3 Å². The predicted molar refractivity (Wildman–Crippen MR) is 183 cm³/mol. The molecule has 2 aromatic rings. The van der Waals surface area contributed by atoms with Crippen LogP contribution in [0.3, 0.4) is 0 Å². The Morgan fingerprint density at radius 3 is 1.93 bits per heavy atom. The van der Waals surface area contributed by atoms with Crippen molar-refractivity contribution in [3.63, 3.8) is 0 Å². The van der Waals surface area contributed by atoms with Crippen LogP contribution < -0.4 is 0 Å². The molecule has 1 amide bonds. The van der Waals surface area contributed by atoms with Crippen LogP contribution >= 0.6 is 23.2 Å². The first-order valence-electron chi connectivity index (χ1n) is 15.9. The average Bonchev–Trinajstić information content (AvgIpc) is 2.99. The van der Waals surface area contributed by atoms with Crippen LogP contribution in [-0.4, -0.2) is 85.3 Å². The summed E-state index contributed by atoms with van der Waals surface area (Å²) >= 11 is 12.6. The van der Waals surface area contributed by atoms with E-state index in [1.165, 1.54) is 39.3 Å². The van der Waals surface area contributed by atoms with E-state index in [0.29, 0.717) is 22.9 Å². The van der Waals surface area contributed by atoms with Gasteiger partial charge in [-0.2, -0.15) is 0 Å². The molecule has 2 bridgehead atoms. The summed E-state index contributed by atoms with van der Waals surface area (Å²) in [6.45, 7) is 21.2. The van der Waals surface area contributed by atoms with E-state index in [-0.39, 0.29) is 29.5 Å². The fraction of sp³-hybridized carbons (Fsp3) is 0.571. The standard InChI is InChI=1S/C29H37Cl2NO3S.C6H12N2/c1-7-15-29(6)17-25(22-9-8-10-24(31)16-22)27(21-11-13-23(30)14-12-21)32(28(29)33)26(19(2)3)18-36(34,35)20(4)5;1-2-8-5-3-7(1)4-6-8/h7-14,16,19-20,25-27H,1,15,17-18H2,2-6H3;1-6H2/t25?,26-,27?,29?;/m1./s1. The first-order chi connectivity index (χ1) is 20.8. The van der Waals surface area contributed by atoms with Gasteiger partial charge in [-0.25, -0.2) is 8.42 Å². The number of amides is 1. The summed E-state index contributed by atoms with van der Waals surface area (Å²) in [6.07, 6.45) is 2.86. The largest absolute Gasteiger partial charge is 0.330 e. The van der Waals surface area contributed by atoms with Crippen molar-refractivity contribution in [1.82, 2.24) is 14.7 Å². The van der Waals surface area contributed by atoms with E-state index < -0.39 is 26.5 Å². The molecule has 4 heterocycles. The van der Waals surface area contributed by atoms with Gasteiger partial charge in [0.05, 0.1) is 22.5 Å². The molecule has 6 rings (SSSR count). The molecule has 4 aliphatic heterocycles. The van der Waals surface area contributed by atoms with Crippen molar-refractivity contribution in [3.05, 3.63) is 82.4 Å². The molecular weight excluding hydrogens is 613 g/mol. The fourth-order valence-corrected chi connectivity index (χ4v) is 8.53. The van der Waals surface area contributed by atoms with Crippen LogP contribution in [0.15, 0.2) is 61.2 Å². The average molecular weight is 663 g/mol. The van der Waals surface area contributed by atoms with Crippen LogP contribution in [0.25, 0.3) is 0 Å². The second-order valence-electron chi connectivity index (χ2n) is 13.5. The maximum absolute atomic E-state index is 14.4. The van der Waals surface area contributed by atoms with Crippen LogP contribution in [0, 0.1) is 11.3 Å². The van der Waals surface area contributed by atoms with Gasteiger partial charge in [0.25, 0.3) is 0 Å². The highest BCUT2D eigenvalue weighted by molar-refractivity contribution is 7.92. The Hall–Kier alpha value is -1.90. The van der Waals surface area contributed by atoms with E-state index in [9.17, 15) is 13.2 Å². The summed E-state index contributed by atoms with van der Waals surface area (Å²) in [7, 11) is -3.42. The quantitative estimate of drug-likeness (QED) is 0.268. The summed E-state index contributed by atoms with van der Waals surface area (Å²) in [5.41, 5.74) is 1.21. The van der Waals surface area contributed by atoms with Crippen molar-refractivity contribution < 1.29 is 13.2 Å². The topological polar surface area (TPSA) is 60.9 Å².